The number of hydrogen-bond donors (Lipinski definition) is 0. The Bertz CT molecular complexity index is 339. The molecule has 1 aliphatic carbocycles. The number of fused-ring (bicyclic) bond motifs is 1. The third-order valence-electron chi connectivity index (χ3n) is 2.25. The number of carbonyl (C=O) groups excluding carboxylic acids is 1. The predicted octanol–water partition coefficient (Wildman–Crippen LogP) is 1.81. The first-order chi connectivity index (χ1) is 5.92. The standard InChI is InChI=1S/C10H8NO/c12-7-11-10-6-5-8-3-1-2-4-9(8)10/h1,3-4,10H,5-6H2. The molecule has 1 aliphatic rings. The molecule has 0 spiro atoms. The van der Waals surface area contributed by atoms with Gasteiger partial charge in [0.15, 0.2) is 0 Å². The van der Waals surface area contributed by atoms with Crippen molar-refractivity contribution in [3.8, 4) is 0 Å². The van der Waals surface area contributed by atoms with E-state index in [-0.39, 0.29) is 6.04 Å². The Morgan fingerprint density at radius 2 is 2.58 bits per heavy atom. The highest BCUT2D eigenvalue weighted by molar-refractivity contribution is 5.39. The van der Waals surface area contributed by atoms with Crippen LogP contribution in [-0.2, 0) is 11.2 Å². The molecule has 0 fully saturated rings. The maximum Gasteiger partial charge on any atom is 0.235 e. The largest absolute Gasteiger partial charge is 0.235 e. The fourth-order valence-electron chi connectivity index (χ4n) is 1.66. The van der Waals surface area contributed by atoms with Crippen LogP contribution in [0.15, 0.2) is 23.2 Å². The molecule has 2 nitrogen and oxygen atoms in total. The highest BCUT2D eigenvalue weighted by Gasteiger charge is 2.20. The van der Waals surface area contributed by atoms with Crippen molar-refractivity contribution in [1.29, 1.82) is 0 Å². The number of benzene rings is 1. The van der Waals surface area contributed by atoms with E-state index in [2.05, 4.69) is 11.1 Å². The molecule has 0 bridgehead atoms. The van der Waals surface area contributed by atoms with E-state index in [1.54, 1.807) is 6.08 Å². The second kappa shape index (κ2) is 2.92. The maximum absolute atomic E-state index is 10.1. The lowest BCUT2D eigenvalue weighted by Gasteiger charge is -2.00. The number of isocyanates is 1. The van der Waals surface area contributed by atoms with Crippen LogP contribution in [0.3, 0.4) is 0 Å². The van der Waals surface area contributed by atoms with Gasteiger partial charge in [-0.1, -0.05) is 12.1 Å². The minimum atomic E-state index is 0.0370. The molecule has 0 aromatic heterocycles. The second-order valence-corrected chi connectivity index (χ2v) is 2.90. The van der Waals surface area contributed by atoms with Gasteiger partial charge in [0.1, 0.15) is 0 Å². The van der Waals surface area contributed by atoms with Gasteiger partial charge in [-0.25, -0.2) is 4.79 Å². The quantitative estimate of drug-likeness (QED) is 0.452. The Morgan fingerprint density at radius 1 is 1.67 bits per heavy atom. The molecule has 1 atom stereocenters. The molecule has 2 heteroatoms. The molecule has 1 aromatic rings. The number of rotatable bonds is 1. The van der Waals surface area contributed by atoms with Crippen molar-refractivity contribution in [3.63, 3.8) is 0 Å². The SMILES string of the molecule is O=C=NC1CCc2cc[c]cc21. The lowest BCUT2D eigenvalue weighted by molar-refractivity contribution is 0.557. The summed E-state index contributed by atoms with van der Waals surface area (Å²) in [5, 5.41) is 0. The molecule has 12 heavy (non-hydrogen) atoms. The summed E-state index contributed by atoms with van der Waals surface area (Å²) in [6, 6.07) is 8.87. The number of aryl methyl sites for hydroxylation is 1. The van der Waals surface area contributed by atoms with Crippen LogP contribution in [0.25, 0.3) is 0 Å². The van der Waals surface area contributed by atoms with E-state index in [1.807, 2.05) is 18.2 Å². The van der Waals surface area contributed by atoms with Crippen LogP contribution >= 0.6 is 0 Å². The molecule has 0 aliphatic heterocycles. The van der Waals surface area contributed by atoms with Crippen molar-refractivity contribution >= 4 is 6.08 Å². The van der Waals surface area contributed by atoms with Gasteiger partial charge in [-0.3, -0.25) is 0 Å². The molecule has 2 rings (SSSR count). The average Bonchev–Trinajstić information content (AvgIpc) is 2.50. The normalized spacial score (nSPS) is 19.8. The molecular formula is C10H8NO. The summed E-state index contributed by atoms with van der Waals surface area (Å²) in [4.78, 5) is 13.8. The zero-order valence-electron chi connectivity index (χ0n) is 6.58. The second-order valence-electron chi connectivity index (χ2n) is 2.90. The van der Waals surface area contributed by atoms with Crippen LogP contribution < -0.4 is 0 Å². The number of nitrogens with zero attached hydrogens (tertiary/aromatic N) is 1. The molecule has 0 amide bonds. The van der Waals surface area contributed by atoms with Crippen LogP contribution in [0, 0.1) is 6.07 Å². The van der Waals surface area contributed by atoms with E-state index < -0.39 is 0 Å². The minimum Gasteiger partial charge on any atom is -0.211 e. The van der Waals surface area contributed by atoms with Crippen molar-refractivity contribution in [2.24, 2.45) is 4.99 Å². The van der Waals surface area contributed by atoms with Crippen LogP contribution in [0.5, 0.6) is 0 Å². The summed E-state index contributed by atoms with van der Waals surface area (Å²) in [5.41, 5.74) is 2.43. The molecular weight excluding hydrogens is 150 g/mol. The third-order valence-corrected chi connectivity index (χ3v) is 2.25. The van der Waals surface area contributed by atoms with Crippen LogP contribution in [0.2, 0.25) is 0 Å². The number of aliphatic imine (C=N–C) groups is 1. The fourth-order valence-corrected chi connectivity index (χ4v) is 1.66. The first-order valence-corrected chi connectivity index (χ1v) is 3.97. The van der Waals surface area contributed by atoms with Crippen LogP contribution in [0.1, 0.15) is 23.6 Å². The molecule has 0 saturated carbocycles. The lowest BCUT2D eigenvalue weighted by Crippen LogP contribution is -1.87. The van der Waals surface area contributed by atoms with Crippen molar-refractivity contribution in [3.05, 3.63) is 35.4 Å². The molecule has 1 aromatic carbocycles. The van der Waals surface area contributed by atoms with Crippen molar-refractivity contribution in [1.82, 2.24) is 0 Å². The monoisotopic (exact) mass is 158 g/mol. The topological polar surface area (TPSA) is 29.4 Å². The van der Waals surface area contributed by atoms with Gasteiger partial charge in [0.25, 0.3) is 0 Å². The highest BCUT2D eigenvalue weighted by Crippen LogP contribution is 2.32. The molecule has 0 saturated heterocycles. The summed E-state index contributed by atoms with van der Waals surface area (Å²) >= 11 is 0. The lowest BCUT2D eigenvalue weighted by atomic mass is 10.1. The summed E-state index contributed by atoms with van der Waals surface area (Å²) in [7, 11) is 0. The van der Waals surface area contributed by atoms with Gasteiger partial charge in [-0.15, -0.1) is 0 Å². The Hall–Kier alpha value is -1.40. The summed E-state index contributed by atoms with van der Waals surface area (Å²) in [6.45, 7) is 0. The Kier molecular flexibility index (Phi) is 1.77. The van der Waals surface area contributed by atoms with Gasteiger partial charge in [0, 0.05) is 0 Å². The smallest absolute Gasteiger partial charge is 0.211 e. The molecule has 59 valence electrons. The summed E-state index contributed by atoms with van der Waals surface area (Å²) < 4.78 is 0. The zero-order chi connectivity index (χ0) is 8.39. The first kappa shape index (κ1) is 7.26. The zero-order valence-corrected chi connectivity index (χ0v) is 6.58. The van der Waals surface area contributed by atoms with Crippen LogP contribution in [-0.4, -0.2) is 6.08 Å². The van der Waals surface area contributed by atoms with Crippen molar-refractivity contribution < 1.29 is 4.79 Å². The van der Waals surface area contributed by atoms with E-state index in [1.165, 1.54) is 5.56 Å². The molecule has 1 radical (unpaired) electrons. The van der Waals surface area contributed by atoms with E-state index in [0.29, 0.717) is 0 Å². The van der Waals surface area contributed by atoms with E-state index in [9.17, 15) is 4.79 Å². The molecule has 0 heterocycles. The fraction of sp³-hybridized carbons (Fsp3) is 0.300. The Balaban J connectivity index is 2.42. The van der Waals surface area contributed by atoms with E-state index in [4.69, 9.17) is 0 Å². The summed E-state index contributed by atoms with van der Waals surface area (Å²) in [6.07, 6.45) is 3.56. The maximum atomic E-state index is 10.1. The van der Waals surface area contributed by atoms with Gasteiger partial charge in [0.2, 0.25) is 6.08 Å². The predicted molar refractivity (Wildman–Crippen MR) is 44.5 cm³/mol. The Morgan fingerprint density at radius 3 is 3.42 bits per heavy atom. The average molecular weight is 158 g/mol. The number of hydrogen-bond acceptors (Lipinski definition) is 2. The van der Waals surface area contributed by atoms with Gasteiger partial charge in [0.05, 0.1) is 6.04 Å². The van der Waals surface area contributed by atoms with Crippen LogP contribution in [0.4, 0.5) is 0 Å². The Labute approximate surface area is 70.9 Å². The minimum absolute atomic E-state index is 0.0370. The highest BCUT2D eigenvalue weighted by atomic mass is 16.1. The van der Waals surface area contributed by atoms with Crippen molar-refractivity contribution in [2.45, 2.75) is 18.9 Å². The van der Waals surface area contributed by atoms with Gasteiger partial charge >= 0.3 is 0 Å². The van der Waals surface area contributed by atoms with Gasteiger partial charge in [-0.2, -0.15) is 4.99 Å². The van der Waals surface area contributed by atoms with E-state index in [0.717, 1.165) is 18.4 Å². The van der Waals surface area contributed by atoms with E-state index >= 15 is 0 Å². The molecule has 1 unspecified atom stereocenters. The summed E-state index contributed by atoms with van der Waals surface area (Å²) in [5.74, 6) is 0. The molecule has 0 N–H and O–H groups in total. The van der Waals surface area contributed by atoms with Gasteiger partial charge in [-0.05, 0) is 36.1 Å². The first-order valence-electron chi connectivity index (χ1n) is 3.97. The van der Waals surface area contributed by atoms with Crippen molar-refractivity contribution in [2.75, 3.05) is 0 Å². The van der Waals surface area contributed by atoms with Gasteiger partial charge < -0.3 is 0 Å². The third kappa shape index (κ3) is 1.06.